The van der Waals surface area contributed by atoms with Crippen LogP contribution in [0.5, 0.6) is 5.75 Å². The van der Waals surface area contributed by atoms with Crippen LogP contribution in [0.15, 0.2) is 24.3 Å². The Morgan fingerprint density at radius 1 is 1.16 bits per heavy atom. The number of Topliss-reactive ketones (excluding diaryl/α,β-unsaturated/α-hetero) is 1. The number of hydrogen-bond donors (Lipinski definition) is 0. The first-order valence-corrected chi connectivity index (χ1v) is 9.90. The quantitative estimate of drug-likeness (QED) is 0.556. The molecule has 0 spiro atoms. The van der Waals surface area contributed by atoms with Crippen molar-refractivity contribution in [1.82, 2.24) is 0 Å². The number of benzene rings is 1. The van der Waals surface area contributed by atoms with Crippen LogP contribution in [0.25, 0.3) is 0 Å². The fourth-order valence-corrected chi connectivity index (χ4v) is 2.56. The van der Waals surface area contributed by atoms with Crippen molar-refractivity contribution in [2.45, 2.75) is 58.7 Å². The van der Waals surface area contributed by atoms with Crippen LogP contribution in [0.1, 0.15) is 50.9 Å². The first-order valence-electron chi connectivity index (χ1n) is 6.99. The predicted octanol–water partition coefficient (Wildman–Crippen LogP) is 5.05. The Balaban J connectivity index is 2.81. The lowest BCUT2D eigenvalue weighted by molar-refractivity contribution is 0.0982. The molecule has 1 rings (SSSR count). The average Bonchev–Trinajstić information content (AvgIpc) is 2.28. The smallest absolute Gasteiger partial charge is 0.250 e. The van der Waals surface area contributed by atoms with Gasteiger partial charge in [-0.3, -0.25) is 4.79 Å². The summed E-state index contributed by atoms with van der Waals surface area (Å²) in [5, 5.41) is 0.184. The maximum Gasteiger partial charge on any atom is 0.250 e. The molecule has 1 aromatic carbocycles. The molecule has 0 atom stereocenters. The van der Waals surface area contributed by atoms with Gasteiger partial charge in [-0.2, -0.15) is 0 Å². The first-order chi connectivity index (χ1) is 8.67. The van der Waals surface area contributed by atoms with Gasteiger partial charge >= 0.3 is 0 Å². The molecule has 1 aromatic rings. The lowest BCUT2D eigenvalue weighted by Crippen LogP contribution is -2.43. The van der Waals surface area contributed by atoms with Gasteiger partial charge in [0.05, 0.1) is 0 Å². The molecule has 19 heavy (non-hydrogen) atoms. The molecule has 0 radical (unpaired) electrons. The van der Waals surface area contributed by atoms with Crippen LogP contribution in [0.4, 0.5) is 0 Å². The summed E-state index contributed by atoms with van der Waals surface area (Å²) in [6, 6.07) is 7.59. The molecule has 0 N–H and O–H groups in total. The van der Waals surface area contributed by atoms with Crippen molar-refractivity contribution < 1.29 is 9.22 Å². The largest absolute Gasteiger partial charge is 0.544 e. The summed E-state index contributed by atoms with van der Waals surface area (Å²) in [6.07, 6.45) is 1.50. The molecule has 0 heterocycles. The second kappa shape index (κ2) is 5.91. The molecule has 0 fully saturated rings. The van der Waals surface area contributed by atoms with Crippen LogP contribution in [0, 0.1) is 0 Å². The van der Waals surface area contributed by atoms with E-state index in [1.165, 1.54) is 0 Å². The Morgan fingerprint density at radius 3 is 2.11 bits per heavy atom. The summed E-state index contributed by atoms with van der Waals surface area (Å²) in [7, 11) is -1.79. The van der Waals surface area contributed by atoms with E-state index in [0.717, 1.165) is 17.7 Å². The fourth-order valence-electron chi connectivity index (χ4n) is 1.53. The summed E-state index contributed by atoms with van der Waals surface area (Å²) in [6.45, 7) is 13.1. The van der Waals surface area contributed by atoms with Crippen molar-refractivity contribution in [2.24, 2.45) is 0 Å². The van der Waals surface area contributed by atoms with E-state index < -0.39 is 8.32 Å². The van der Waals surface area contributed by atoms with Crippen molar-refractivity contribution in [3.63, 3.8) is 0 Å². The molecule has 0 bridgehead atoms. The Hall–Kier alpha value is -1.09. The summed E-state index contributed by atoms with van der Waals surface area (Å²) < 4.78 is 6.19. The SMILES string of the molecule is CCCC(=O)c1ccc(O[Si](C)(C)C(C)(C)C)cc1. The molecule has 2 nitrogen and oxygen atoms in total. The van der Waals surface area contributed by atoms with Crippen LogP contribution < -0.4 is 4.43 Å². The molecule has 0 aliphatic heterocycles. The topological polar surface area (TPSA) is 26.3 Å². The van der Waals surface area contributed by atoms with E-state index in [1.807, 2.05) is 31.2 Å². The molecule has 3 heteroatoms. The monoisotopic (exact) mass is 278 g/mol. The van der Waals surface area contributed by atoms with Crippen molar-refractivity contribution in [1.29, 1.82) is 0 Å². The number of ketones is 1. The highest BCUT2D eigenvalue weighted by atomic mass is 28.4. The number of rotatable bonds is 5. The number of carbonyl (C=O) groups is 1. The Morgan fingerprint density at radius 2 is 1.68 bits per heavy atom. The third-order valence-electron chi connectivity index (χ3n) is 3.83. The van der Waals surface area contributed by atoms with Gasteiger partial charge in [0.25, 0.3) is 0 Å². The zero-order valence-corrected chi connectivity index (χ0v) is 14.0. The highest BCUT2D eigenvalue weighted by Crippen LogP contribution is 2.37. The van der Waals surface area contributed by atoms with Crippen LogP contribution >= 0.6 is 0 Å². The van der Waals surface area contributed by atoms with E-state index >= 15 is 0 Å². The van der Waals surface area contributed by atoms with E-state index in [9.17, 15) is 4.79 Å². The zero-order valence-electron chi connectivity index (χ0n) is 13.0. The van der Waals surface area contributed by atoms with Gasteiger partial charge in [-0.1, -0.05) is 27.7 Å². The minimum Gasteiger partial charge on any atom is -0.544 e. The Labute approximate surface area is 118 Å². The Bertz CT molecular complexity index is 427. The maximum atomic E-state index is 11.8. The van der Waals surface area contributed by atoms with Gasteiger partial charge in [0.2, 0.25) is 8.32 Å². The highest BCUT2D eigenvalue weighted by Gasteiger charge is 2.38. The lowest BCUT2D eigenvalue weighted by atomic mass is 10.1. The van der Waals surface area contributed by atoms with Crippen molar-refractivity contribution in [3.05, 3.63) is 29.8 Å². The molecule has 0 unspecified atom stereocenters. The summed E-state index contributed by atoms with van der Waals surface area (Å²) in [4.78, 5) is 11.8. The zero-order chi connectivity index (χ0) is 14.7. The van der Waals surface area contributed by atoms with Crippen LogP contribution in [-0.2, 0) is 0 Å². The second-order valence-corrected chi connectivity index (χ2v) is 11.3. The van der Waals surface area contributed by atoms with Crippen molar-refractivity contribution in [3.8, 4) is 5.75 Å². The standard InChI is InChI=1S/C16H26O2Si/c1-7-8-15(17)13-9-11-14(12-10-13)18-19(5,6)16(2,3)4/h9-12H,7-8H2,1-6H3. The molecule has 0 saturated carbocycles. The molecule has 0 saturated heterocycles. The van der Waals surface area contributed by atoms with E-state index in [0.29, 0.717) is 6.42 Å². The van der Waals surface area contributed by atoms with Crippen LogP contribution in [-0.4, -0.2) is 14.1 Å². The van der Waals surface area contributed by atoms with Gasteiger partial charge in [-0.25, -0.2) is 0 Å². The number of carbonyl (C=O) groups excluding carboxylic acids is 1. The van der Waals surface area contributed by atoms with E-state index in [-0.39, 0.29) is 10.8 Å². The third kappa shape index (κ3) is 4.20. The third-order valence-corrected chi connectivity index (χ3v) is 8.19. The summed E-state index contributed by atoms with van der Waals surface area (Å²) in [5.74, 6) is 1.08. The first kappa shape index (κ1) is 16.0. The van der Waals surface area contributed by atoms with Gasteiger partial charge in [0.1, 0.15) is 5.75 Å². The molecule has 0 aliphatic carbocycles. The number of hydrogen-bond acceptors (Lipinski definition) is 2. The van der Waals surface area contributed by atoms with Gasteiger partial charge in [0, 0.05) is 12.0 Å². The molecule has 0 aromatic heterocycles. The van der Waals surface area contributed by atoms with Gasteiger partial charge in [-0.05, 0) is 48.8 Å². The Kier molecular flexibility index (Phi) is 4.96. The molecular formula is C16H26O2Si. The van der Waals surface area contributed by atoms with E-state index in [1.54, 1.807) is 0 Å². The average molecular weight is 278 g/mol. The minimum absolute atomic E-state index is 0.184. The van der Waals surface area contributed by atoms with Crippen LogP contribution in [0.3, 0.4) is 0 Å². The molecular weight excluding hydrogens is 252 g/mol. The molecule has 0 amide bonds. The fraction of sp³-hybridized carbons (Fsp3) is 0.562. The van der Waals surface area contributed by atoms with Gasteiger partial charge in [0.15, 0.2) is 5.78 Å². The molecule has 106 valence electrons. The summed E-state index contributed by atoms with van der Waals surface area (Å²) in [5.41, 5.74) is 0.782. The summed E-state index contributed by atoms with van der Waals surface area (Å²) >= 11 is 0. The second-order valence-electron chi connectivity index (χ2n) is 6.56. The predicted molar refractivity (Wildman–Crippen MR) is 83.5 cm³/mol. The molecule has 0 aliphatic rings. The van der Waals surface area contributed by atoms with Gasteiger partial charge in [-0.15, -0.1) is 0 Å². The van der Waals surface area contributed by atoms with Crippen molar-refractivity contribution >= 4 is 14.1 Å². The minimum atomic E-state index is -1.79. The van der Waals surface area contributed by atoms with Gasteiger partial charge < -0.3 is 4.43 Å². The van der Waals surface area contributed by atoms with E-state index in [2.05, 4.69) is 33.9 Å². The maximum absolute atomic E-state index is 11.8. The van der Waals surface area contributed by atoms with Crippen molar-refractivity contribution in [2.75, 3.05) is 0 Å². The van der Waals surface area contributed by atoms with E-state index in [4.69, 9.17) is 4.43 Å². The lowest BCUT2D eigenvalue weighted by Gasteiger charge is -2.36. The van der Waals surface area contributed by atoms with Crippen LogP contribution in [0.2, 0.25) is 18.1 Å². The normalized spacial score (nSPS) is 12.3. The highest BCUT2D eigenvalue weighted by molar-refractivity contribution is 6.74.